The molecule has 0 aliphatic carbocycles. The predicted molar refractivity (Wildman–Crippen MR) is 191 cm³/mol. The number of para-hydroxylation sites is 2. The van der Waals surface area contributed by atoms with Gasteiger partial charge in [-0.1, -0.05) is 116 Å². The zero-order valence-corrected chi connectivity index (χ0v) is 28.2. The SMILES string of the molecule is CC(C)(C)[Si](C)(C)Oc1ccc2c(c1)C=Cc1ccccc1N2.ClC(Cl)Cl.Oc1ccc2c(c1)C=Cc1ccccc1N2. The van der Waals surface area contributed by atoms with Gasteiger partial charge in [0.2, 0.25) is 8.32 Å². The number of halogens is 3. The van der Waals surface area contributed by atoms with E-state index in [1.807, 2.05) is 36.4 Å². The molecule has 0 radical (unpaired) electrons. The Kier molecular flexibility index (Phi) is 10.6. The third-order valence-corrected chi connectivity index (χ3v) is 11.9. The summed E-state index contributed by atoms with van der Waals surface area (Å²) in [6.07, 6.45) is 8.37. The maximum absolute atomic E-state index is 9.44. The van der Waals surface area contributed by atoms with Crippen molar-refractivity contribution in [2.75, 3.05) is 10.6 Å². The Balaban J connectivity index is 0.000000183. The molecule has 0 unspecified atom stereocenters. The van der Waals surface area contributed by atoms with E-state index >= 15 is 0 Å². The van der Waals surface area contributed by atoms with Gasteiger partial charge in [0, 0.05) is 33.9 Å². The smallest absolute Gasteiger partial charge is 0.250 e. The number of rotatable bonds is 2. The molecule has 4 aromatic carbocycles. The number of phenols is 1. The molecular formula is C35H37Cl3N2O2Si. The summed E-state index contributed by atoms with van der Waals surface area (Å²) in [5, 5.41) is 16.5. The van der Waals surface area contributed by atoms with Gasteiger partial charge >= 0.3 is 0 Å². The quantitative estimate of drug-likeness (QED) is 0.0990. The molecule has 2 aliphatic rings. The maximum atomic E-state index is 9.44. The van der Waals surface area contributed by atoms with Crippen molar-refractivity contribution in [3.05, 3.63) is 107 Å². The Bertz CT molecular complexity index is 1630. The van der Waals surface area contributed by atoms with Crippen molar-refractivity contribution in [3.63, 3.8) is 0 Å². The molecule has 2 aliphatic heterocycles. The lowest BCUT2D eigenvalue weighted by Gasteiger charge is -2.36. The fourth-order valence-corrected chi connectivity index (χ4v) is 5.29. The number of anilines is 4. The van der Waals surface area contributed by atoms with Crippen molar-refractivity contribution in [2.45, 2.75) is 43.2 Å². The Morgan fingerprint density at radius 1 is 0.628 bits per heavy atom. The van der Waals surface area contributed by atoms with E-state index in [1.165, 1.54) is 5.56 Å². The van der Waals surface area contributed by atoms with E-state index in [1.54, 1.807) is 12.1 Å². The number of hydrogen-bond acceptors (Lipinski definition) is 4. The minimum atomic E-state index is -1.81. The molecule has 8 heteroatoms. The number of aromatic hydroxyl groups is 1. The van der Waals surface area contributed by atoms with Crippen LogP contribution in [0, 0.1) is 0 Å². The first-order chi connectivity index (χ1) is 20.3. The minimum Gasteiger partial charge on any atom is -0.543 e. The molecule has 0 spiro atoms. The second kappa shape index (κ2) is 14.0. The van der Waals surface area contributed by atoms with Crippen molar-refractivity contribution < 1.29 is 9.53 Å². The van der Waals surface area contributed by atoms with Gasteiger partial charge in [-0.15, -0.1) is 0 Å². The van der Waals surface area contributed by atoms with E-state index in [4.69, 9.17) is 39.2 Å². The van der Waals surface area contributed by atoms with Crippen LogP contribution in [-0.4, -0.2) is 17.7 Å². The van der Waals surface area contributed by atoms with Gasteiger partial charge in [-0.2, -0.15) is 0 Å². The molecule has 0 bridgehead atoms. The molecule has 3 N–H and O–H groups in total. The first-order valence-corrected chi connectivity index (χ1v) is 18.2. The molecular weight excluding hydrogens is 615 g/mol. The van der Waals surface area contributed by atoms with Crippen LogP contribution in [0.1, 0.15) is 43.0 Å². The Labute approximate surface area is 271 Å². The highest BCUT2D eigenvalue weighted by molar-refractivity contribution is 6.74. The third-order valence-electron chi connectivity index (χ3n) is 7.58. The van der Waals surface area contributed by atoms with E-state index < -0.39 is 12.6 Å². The van der Waals surface area contributed by atoms with Crippen LogP contribution in [0.5, 0.6) is 11.5 Å². The van der Waals surface area contributed by atoms with Gasteiger partial charge in [0.15, 0.2) is 4.30 Å². The maximum Gasteiger partial charge on any atom is 0.250 e. The topological polar surface area (TPSA) is 53.5 Å². The summed E-state index contributed by atoms with van der Waals surface area (Å²) >= 11 is 14.4. The number of alkyl halides is 3. The summed E-state index contributed by atoms with van der Waals surface area (Å²) in [5.41, 5.74) is 8.87. The summed E-state index contributed by atoms with van der Waals surface area (Å²) in [6, 6.07) is 28.1. The molecule has 0 saturated heterocycles. The Morgan fingerprint density at radius 3 is 1.56 bits per heavy atom. The fourth-order valence-electron chi connectivity index (χ4n) is 4.27. The number of hydrogen-bond donors (Lipinski definition) is 3. The van der Waals surface area contributed by atoms with E-state index in [-0.39, 0.29) is 10.8 Å². The molecule has 4 aromatic rings. The van der Waals surface area contributed by atoms with Gasteiger partial charge in [0.05, 0.1) is 0 Å². The average molecular weight is 652 g/mol. The van der Waals surface area contributed by atoms with Crippen LogP contribution in [-0.2, 0) is 0 Å². The summed E-state index contributed by atoms with van der Waals surface area (Å²) in [7, 11) is -1.81. The molecule has 0 aromatic heterocycles. The molecule has 0 atom stereocenters. The van der Waals surface area contributed by atoms with Crippen LogP contribution < -0.4 is 15.1 Å². The molecule has 4 nitrogen and oxygen atoms in total. The average Bonchev–Trinajstić information content (AvgIpc) is 3.24. The molecule has 6 rings (SSSR count). The first-order valence-electron chi connectivity index (χ1n) is 14.0. The van der Waals surface area contributed by atoms with Crippen molar-refractivity contribution in [2.24, 2.45) is 0 Å². The van der Waals surface area contributed by atoms with Gasteiger partial charge in [0.1, 0.15) is 11.5 Å². The van der Waals surface area contributed by atoms with Crippen LogP contribution in [0.15, 0.2) is 84.9 Å². The van der Waals surface area contributed by atoms with Crippen LogP contribution in [0.25, 0.3) is 24.3 Å². The summed E-state index contributed by atoms with van der Waals surface area (Å²) < 4.78 is 5.68. The number of phenolic OH excluding ortho intramolecular Hbond substituents is 1. The van der Waals surface area contributed by atoms with E-state index in [9.17, 15) is 5.11 Å². The van der Waals surface area contributed by atoms with Crippen molar-refractivity contribution in [1.29, 1.82) is 0 Å². The molecule has 43 heavy (non-hydrogen) atoms. The van der Waals surface area contributed by atoms with E-state index in [0.717, 1.165) is 45.2 Å². The molecule has 224 valence electrons. The summed E-state index contributed by atoms with van der Waals surface area (Å²) in [6.45, 7) is 11.4. The zero-order chi connectivity index (χ0) is 31.2. The van der Waals surface area contributed by atoms with Gasteiger partial charge < -0.3 is 20.2 Å². The summed E-state index contributed by atoms with van der Waals surface area (Å²) in [4.78, 5) is 0. The fraction of sp³-hybridized carbons (Fsp3) is 0.200. The second-order valence-corrected chi connectivity index (χ2v) is 18.4. The highest BCUT2D eigenvalue weighted by atomic mass is 35.6. The molecule has 0 amide bonds. The zero-order valence-electron chi connectivity index (χ0n) is 25.0. The minimum absolute atomic E-state index is 0.199. The lowest BCUT2D eigenvalue weighted by molar-refractivity contribution is 0.475. The lowest BCUT2D eigenvalue weighted by atomic mass is 10.1. The highest BCUT2D eigenvalue weighted by Crippen LogP contribution is 2.39. The highest BCUT2D eigenvalue weighted by Gasteiger charge is 2.39. The molecule has 0 saturated carbocycles. The first kappa shape index (κ1) is 32.6. The van der Waals surface area contributed by atoms with Gasteiger partial charge in [-0.25, -0.2) is 0 Å². The normalized spacial score (nSPS) is 12.7. The van der Waals surface area contributed by atoms with Crippen molar-refractivity contribution in [3.8, 4) is 11.5 Å². The van der Waals surface area contributed by atoms with Gasteiger partial charge in [-0.3, -0.25) is 0 Å². The van der Waals surface area contributed by atoms with Crippen molar-refractivity contribution >= 4 is 90.2 Å². The van der Waals surface area contributed by atoms with Crippen LogP contribution >= 0.6 is 34.8 Å². The van der Waals surface area contributed by atoms with Gasteiger partial charge in [0.25, 0.3) is 0 Å². The molecule has 0 fully saturated rings. The third kappa shape index (κ3) is 8.83. The van der Waals surface area contributed by atoms with Crippen LogP contribution in [0.2, 0.25) is 18.1 Å². The largest absolute Gasteiger partial charge is 0.543 e. The molecule has 2 heterocycles. The van der Waals surface area contributed by atoms with Gasteiger partial charge in [-0.05, 0) is 77.8 Å². The number of nitrogens with one attached hydrogen (secondary N) is 2. The number of fused-ring (bicyclic) bond motifs is 4. The standard InChI is InChI=1S/C20H25NOSi.C14H11NO.CHCl3/c1-20(2,3)23(4,5)22-17-12-13-19-16(14-17)11-10-15-8-6-7-9-18(15)21-19;16-12-7-8-14-11(9-12)6-5-10-3-1-2-4-13(10)15-14;2-1(3)4/h6-14,21H,1-5H3;1-9,15-16H;1H. The lowest BCUT2D eigenvalue weighted by Crippen LogP contribution is -2.43. The van der Waals surface area contributed by atoms with E-state index in [2.05, 4.69) is 105 Å². The van der Waals surface area contributed by atoms with E-state index in [0.29, 0.717) is 0 Å². The summed E-state index contributed by atoms with van der Waals surface area (Å²) in [5.74, 6) is 1.25. The second-order valence-electron chi connectivity index (χ2n) is 11.7. The van der Waals surface area contributed by atoms with Crippen LogP contribution in [0.3, 0.4) is 0 Å². The predicted octanol–water partition coefficient (Wildman–Crippen LogP) is 11.9. The number of benzene rings is 4. The Morgan fingerprint density at radius 2 is 1.05 bits per heavy atom. The van der Waals surface area contributed by atoms with Crippen LogP contribution in [0.4, 0.5) is 22.7 Å². The Hall–Kier alpha value is -3.35. The monoisotopic (exact) mass is 650 g/mol. The van der Waals surface area contributed by atoms with Crippen molar-refractivity contribution in [1.82, 2.24) is 0 Å².